The van der Waals surface area contributed by atoms with Crippen molar-refractivity contribution < 1.29 is 59.4 Å². The van der Waals surface area contributed by atoms with Crippen LogP contribution >= 0.6 is 0 Å². The largest absolute Gasteiger partial charge is 0.504 e. The molecule has 2 fully saturated rings. The Hall–Kier alpha value is -2.68. The summed E-state index contributed by atoms with van der Waals surface area (Å²) in [4.78, 5) is 0. The first-order chi connectivity index (χ1) is 18.1. The van der Waals surface area contributed by atoms with Gasteiger partial charge in [0.25, 0.3) is 0 Å². The minimum absolute atomic E-state index is 0.0387. The lowest BCUT2D eigenvalue weighted by molar-refractivity contribution is -0.277. The van der Waals surface area contributed by atoms with Gasteiger partial charge in [0.15, 0.2) is 23.0 Å². The molecule has 2 aliphatic heterocycles. The molecule has 38 heavy (non-hydrogen) atoms. The Bertz CT molecular complexity index is 1090. The molecule has 210 valence electrons. The van der Waals surface area contributed by atoms with Gasteiger partial charge in [-0.3, -0.25) is 0 Å². The molecule has 2 aliphatic rings. The number of aliphatic hydroxyl groups is 6. The highest BCUT2D eigenvalue weighted by Gasteiger charge is 2.49. The first-order valence-electron chi connectivity index (χ1n) is 12.1. The van der Waals surface area contributed by atoms with E-state index in [1.807, 2.05) is 0 Å². The van der Waals surface area contributed by atoms with Crippen LogP contribution in [-0.4, -0.2) is 106 Å². The van der Waals surface area contributed by atoms with E-state index in [1.54, 1.807) is 24.3 Å². The van der Waals surface area contributed by atoms with Crippen LogP contribution < -0.4 is 14.2 Å². The van der Waals surface area contributed by atoms with Crippen LogP contribution in [0, 0.1) is 5.92 Å². The molecule has 12 heteroatoms. The lowest BCUT2D eigenvalue weighted by Crippen LogP contribution is -2.60. The molecule has 7 N–H and O–H groups in total. The first kappa shape index (κ1) is 28.3. The molecule has 2 heterocycles. The van der Waals surface area contributed by atoms with E-state index in [4.69, 9.17) is 23.7 Å². The molecular formula is C26H34O12. The molecule has 0 amide bonds. The number of benzene rings is 2. The van der Waals surface area contributed by atoms with Crippen molar-refractivity contribution in [2.45, 2.75) is 48.8 Å². The van der Waals surface area contributed by atoms with Crippen LogP contribution in [0.4, 0.5) is 0 Å². The highest BCUT2D eigenvalue weighted by atomic mass is 16.7. The Balaban J connectivity index is 1.52. The molecule has 4 rings (SSSR count). The van der Waals surface area contributed by atoms with Crippen LogP contribution in [0.2, 0.25) is 0 Å². The topological polar surface area (TPSA) is 188 Å². The van der Waals surface area contributed by atoms with Crippen LogP contribution in [-0.2, 0) is 15.9 Å². The molecule has 0 saturated carbocycles. The number of hydrogen-bond acceptors (Lipinski definition) is 12. The van der Waals surface area contributed by atoms with Gasteiger partial charge in [-0.15, -0.1) is 0 Å². The number of aliphatic hydroxyl groups excluding tert-OH is 5. The number of rotatable bonds is 9. The Labute approximate surface area is 219 Å². The summed E-state index contributed by atoms with van der Waals surface area (Å²) in [6.07, 6.45) is -7.76. The molecule has 0 radical (unpaired) electrons. The zero-order valence-electron chi connectivity index (χ0n) is 21.0. The Morgan fingerprint density at radius 2 is 1.63 bits per heavy atom. The van der Waals surface area contributed by atoms with Crippen LogP contribution in [0.3, 0.4) is 0 Å². The van der Waals surface area contributed by atoms with Crippen LogP contribution in [0.15, 0.2) is 36.4 Å². The summed E-state index contributed by atoms with van der Waals surface area (Å²) in [5.41, 5.74) is -0.165. The van der Waals surface area contributed by atoms with Gasteiger partial charge in [-0.1, -0.05) is 12.1 Å². The Morgan fingerprint density at radius 3 is 2.29 bits per heavy atom. The van der Waals surface area contributed by atoms with Crippen LogP contribution in [0.1, 0.15) is 17.2 Å². The number of phenolic OH excluding ortho intramolecular Hbond substituents is 1. The summed E-state index contributed by atoms with van der Waals surface area (Å²) in [5, 5.41) is 71.2. The van der Waals surface area contributed by atoms with Gasteiger partial charge in [0.1, 0.15) is 24.4 Å². The van der Waals surface area contributed by atoms with E-state index < -0.39 is 54.9 Å². The molecule has 0 unspecified atom stereocenters. The fourth-order valence-corrected chi connectivity index (χ4v) is 4.95. The highest BCUT2D eigenvalue weighted by molar-refractivity contribution is 5.45. The van der Waals surface area contributed by atoms with Crippen molar-refractivity contribution in [3.63, 3.8) is 0 Å². The van der Waals surface area contributed by atoms with Crippen LogP contribution in [0.5, 0.6) is 23.0 Å². The minimum Gasteiger partial charge on any atom is -0.504 e. The smallest absolute Gasteiger partial charge is 0.229 e. The van der Waals surface area contributed by atoms with Gasteiger partial charge in [-0.05, 0) is 35.4 Å². The molecule has 0 aliphatic carbocycles. The summed E-state index contributed by atoms with van der Waals surface area (Å²) < 4.78 is 27.6. The van der Waals surface area contributed by atoms with E-state index in [-0.39, 0.29) is 42.6 Å². The second-order valence-electron chi connectivity index (χ2n) is 9.53. The van der Waals surface area contributed by atoms with E-state index in [1.165, 1.54) is 26.4 Å². The maximum absolute atomic E-state index is 11.5. The third kappa shape index (κ3) is 5.40. The first-order valence-corrected chi connectivity index (χ1v) is 12.1. The van der Waals surface area contributed by atoms with Crippen molar-refractivity contribution in [2.75, 3.05) is 34.0 Å². The quantitative estimate of drug-likeness (QED) is 0.212. The zero-order valence-corrected chi connectivity index (χ0v) is 21.0. The van der Waals surface area contributed by atoms with Gasteiger partial charge < -0.3 is 59.4 Å². The summed E-state index contributed by atoms with van der Waals surface area (Å²) in [6.45, 7) is -1.01. The van der Waals surface area contributed by atoms with Crippen molar-refractivity contribution in [2.24, 2.45) is 5.92 Å². The lowest BCUT2D eigenvalue weighted by atomic mass is 9.80. The maximum atomic E-state index is 11.5. The summed E-state index contributed by atoms with van der Waals surface area (Å²) in [5.74, 6) is -0.0840. The molecular weight excluding hydrogens is 504 g/mol. The third-order valence-corrected chi connectivity index (χ3v) is 7.13. The molecule has 8 atom stereocenters. The fraction of sp³-hybridized carbons (Fsp3) is 0.538. The van der Waals surface area contributed by atoms with E-state index in [2.05, 4.69) is 0 Å². The monoisotopic (exact) mass is 538 g/mol. The predicted octanol–water partition coefficient (Wildman–Crippen LogP) is -0.758. The lowest BCUT2D eigenvalue weighted by Gasteiger charge is -2.39. The van der Waals surface area contributed by atoms with Gasteiger partial charge in [0.05, 0.1) is 45.7 Å². The summed E-state index contributed by atoms with van der Waals surface area (Å²) in [7, 11) is 2.82. The molecule has 2 aromatic rings. The average Bonchev–Trinajstić information content (AvgIpc) is 3.25. The zero-order chi connectivity index (χ0) is 27.6. The number of ether oxygens (including phenoxy) is 5. The fourth-order valence-electron chi connectivity index (χ4n) is 4.95. The van der Waals surface area contributed by atoms with Crippen molar-refractivity contribution in [1.29, 1.82) is 0 Å². The van der Waals surface area contributed by atoms with Crippen molar-refractivity contribution in [3.05, 3.63) is 47.5 Å². The SMILES string of the molecule is COc1cc([C@H]2OC[C@@](O)(Cc3ccc(O[C@@H]4O[C@H](CO)[C@@H](O)[C@H](O)[C@H]4O)c(OC)c3)[C@@H]2CO)ccc1O. The standard InChI is InChI=1S/C26H34O12/c1-34-18-8-14(4-5-16(18)29)24-15(10-27)26(33,12-36-24)9-13-3-6-17(19(7-13)35-2)37-25-23(32)22(31)21(30)20(11-28)38-25/h3-8,15,20-25,27-33H,9-12H2,1-2H3/t15-,20-,21-,22+,23-,24-,25-,26+/m1/s1. The number of phenols is 1. The maximum Gasteiger partial charge on any atom is 0.229 e. The van der Waals surface area contributed by atoms with Gasteiger partial charge >= 0.3 is 0 Å². The molecule has 2 saturated heterocycles. The second kappa shape index (κ2) is 11.6. The van der Waals surface area contributed by atoms with Crippen LogP contribution in [0.25, 0.3) is 0 Å². The van der Waals surface area contributed by atoms with Crippen molar-refractivity contribution >= 4 is 0 Å². The summed E-state index contributed by atoms with van der Waals surface area (Å²) >= 11 is 0. The minimum atomic E-state index is -1.59. The van der Waals surface area contributed by atoms with E-state index in [0.29, 0.717) is 11.1 Å². The van der Waals surface area contributed by atoms with Gasteiger partial charge in [-0.25, -0.2) is 0 Å². The van der Waals surface area contributed by atoms with Gasteiger partial charge in [0.2, 0.25) is 6.29 Å². The van der Waals surface area contributed by atoms with Gasteiger partial charge in [-0.2, -0.15) is 0 Å². The van der Waals surface area contributed by atoms with Gasteiger partial charge in [0, 0.05) is 12.3 Å². The molecule has 0 bridgehead atoms. The Morgan fingerprint density at radius 1 is 0.895 bits per heavy atom. The normalized spacial score (nSPS) is 33.2. The summed E-state index contributed by atoms with van der Waals surface area (Å²) in [6, 6.07) is 9.51. The van der Waals surface area contributed by atoms with E-state index in [0.717, 1.165) is 0 Å². The van der Waals surface area contributed by atoms with E-state index in [9.17, 15) is 35.7 Å². The van der Waals surface area contributed by atoms with Crippen molar-refractivity contribution in [1.82, 2.24) is 0 Å². The Kier molecular flexibility index (Phi) is 8.65. The number of hydrogen-bond donors (Lipinski definition) is 7. The third-order valence-electron chi connectivity index (χ3n) is 7.13. The number of aromatic hydroxyl groups is 1. The second-order valence-corrected chi connectivity index (χ2v) is 9.53. The molecule has 12 nitrogen and oxygen atoms in total. The molecule has 0 aromatic heterocycles. The molecule has 0 spiro atoms. The number of methoxy groups -OCH3 is 2. The van der Waals surface area contributed by atoms with Crippen molar-refractivity contribution in [3.8, 4) is 23.0 Å². The molecule has 2 aromatic carbocycles. The highest BCUT2D eigenvalue weighted by Crippen LogP contribution is 2.44. The average molecular weight is 539 g/mol. The van der Waals surface area contributed by atoms with E-state index >= 15 is 0 Å². The predicted molar refractivity (Wildman–Crippen MR) is 130 cm³/mol.